The molecule has 1 saturated heterocycles. The summed E-state index contributed by atoms with van der Waals surface area (Å²) in [6, 6.07) is 6.74. The monoisotopic (exact) mass is 285 g/mol. The third kappa shape index (κ3) is 4.72. The maximum atomic E-state index is 12.0. The molecule has 0 bridgehead atoms. The normalized spacial score (nSPS) is 18.2. The van der Waals surface area contributed by atoms with Crippen molar-refractivity contribution in [2.75, 3.05) is 19.8 Å². The van der Waals surface area contributed by atoms with Gasteiger partial charge in [0, 0.05) is 26.3 Å². The standard InChI is InChI=1S/C15H21F2NO2/c1-15(6-8-19-9-7-15)11-18-10-12-2-4-13(5-3-12)20-14(16)17/h2-5,14,18H,6-11H2,1H3. The molecule has 0 spiro atoms. The van der Waals surface area contributed by atoms with Gasteiger partial charge in [-0.15, -0.1) is 0 Å². The lowest BCUT2D eigenvalue weighted by Gasteiger charge is -2.33. The summed E-state index contributed by atoms with van der Waals surface area (Å²) in [4.78, 5) is 0. The van der Waals surface area contributed by atoms with Crippen LogP contribution in [0.3, 0.4) is 0 Å². The second-order valence-corrected chi connectivity index (χ2v) is 5.55. The molecular weight excluding hydrogens is 264 g/mol. The molecular formula is C15H21F2NO2. The number of hydrogen-bond donors (Lipinski definition) is 1. The van der Waals surface area contributed by atoms with E-state index in [9.17, 15) is 8.78 Å². The largest absolute Gasteiger partial charge is 0.435 e. The van der Waals surface area contributed by atoms with Crippen LogP contribution >= 0.6 is 0 Å². The van der Waals surface area contributed by atoms with Crippen molar-refractivity contribution in [3.05, 3.63) is 29.8 Å². The first kappa shape index (κ1) is 15.2. The first-order chi connectivity index (χ1) is 9.57. The van der Waals surface area contributed by atoms with Crippen LogP contribution in [0.2, 0.25) is 0 Å². The van der Waals surface area contributed by atoms with Crippen molar-refractivity contribution in [2.45, 2.75) is 32.9 Å². The average molecular weight is 285 g/mol. The number of halogens is 2. The van der Waals surface area contributed by atoms with Crippen LogP contribution in [0.1, 0.15) is 25.3 Å². The van der Waals surface area contributed by atoms with Crippen molar-refractivity contribution < 1.29 is 18.3 Å². The lowest BCUT2D eigenvalue weighted by molar-refractivity contribution is -0.0498. The summed E-state index contributed by atoms with van der Waals surface area (Å²) < 4.78 is 33.7. The summed E-state index contributed by atoms with van der Waals surface area (Å²) >= 11 is 0. The van der Waals surface area contributed by atoms with Crippen LogP contribution in [0.5, 0.6) is 5.75 Å². The van der Waals surface area contributed by atoms with Gasteiger partial charge in [0.15, 0.2) is 0 Å². The SMILES string of the molecule is CC1(CNCc2ccc(OC(F)F)cc2)CCOCC1. The fourth-order valence-electron chi connectivity index (χ4n) is 2.34. The van der Waals surface area contributed by atoms with Crippen LogP contribution in [0.4, 0.5) is 8.78 Å². The van der Waals surface area contributed by atoms with Crippen LogP contribution in [0, 0.1) is 5.41 Å². The molecule has 0 radical (unpaired) electrons. The van der Waals surface area contributed by atoms with Gasteiger partial charge in [-0.3, -0.25) is 0 Å². The molecule has 20 heavy (non-hydrogen) atoms. The smallest absolute Gasteiger partial charge is 0.387 e. The van der Waals surface area contributed by atoms with E-state index < -0.39 is 6.61 Å². The van der Waals surface area contributed by atoms with Crippen molar-refractivity contribution in [3.8, 4) is 5.75 Å². The number of hydrogen-bond acceptors (Lipinski definition) is 3. The van der Waals surface area contributed by atoms with Gasteiger partial charge in [-0.25, -0.2) is 0 Å². The number of benzene rings is 1. The van der Waals surface area contributed by atoms with Crippen LogP contribution in [-0.2, 0) is 11.3 Å². The molecule has 5 heteroatoms. The maximum Gasteiger partial charge on any atom is 0.387 e. The zero-order chi connectivity index (χ0) is 14.4. The van der Waals surface area contributed by atoms with E-state index in [1.54, 1.807) is 24.3 Å². The molecule has 0 amide bonds. The molecule has 1 aromatic carbocycles. The molecule has 0 aromatic heterocycles. The number of ether oxygens (including phenoxy) is 2. The Morgan fingerprint density at radius 2 is 1.90 bits per heavy atom. The first-order valence-corrected chi connectivity index (χ1v) is 6.90. The molecule has 1 fully saturated rings. The Balaban J connectivity index is 1.76. The van der Waals surface area contributed by atoms with E-state index >= 15 is 0 Å². The zero-order valence-corrected chi connectivity index (χ0v) is 11.7. The predicted molar refractivity (Wildman–Crippen MR) is 72.9 cm³/mol. The highest BCUT2D eigenvalue weighted by molar-refractivity contribution is 5.27. The van der Waals surface area contributed by atoms with Crippen LogP contribution in [0.25, 0.3) is 0 Å². The predicted octanol–water partition coefficient (Wildman–Crippen LogP) is 3.19. The molecule has 1 aliphatic heterocycles. The third-order valence-electron chi connectivity index (χ3n) is 3.73. The average Bonchev–Trinajstić information content (AvgIpc) is 2.41. The van der Waals surface area contributed by atoms with Gasteiger partial charge >= 0.3 is 6.61 Å². The molecule has 0 saturated carbocycles. The number of nitrogens with one attached hydrogen (secondary N) is 1. The minimum atomic E-state index is -2.77. The second-order valence-electron chi connectivity index (χ2n) is 5.55. The Hall–Kier alpha value is -1.20. The van der Waals surface area contributed by atoms with Crippen LogP contribution < -0.4 is 10.1 Å². The third-order valence-corrected chi connectivity index (χ3v) is 3.73. The highest BCUT2D eigenvalue weighted by Crippen LogP contribution is 2.28. The van der Waals surface area contributed by atoms with Crippen molar-refractivity contribution in [2.24, 2.45) is 5.41 Å². The lowest BCUT2D eigenvalue weighted by Crippen LogP contribution is -2.36. The van der Waals surface area contributed by atoms with Gasteiger partial charge in [-0.2, -0.15) is 8.78 Å². The van der Waals surface area contributed by atoms with Gasteiger partial charge < -0.3 is 14.8 Å². The van der Waals surface area contributed by atoms with Crippen molar-refractivity contribution in [3.63, 3.8) is 0 Å². The van der Waals surface area contributed by atoms with Crippen LogP contribution in [-0.4, -0.2) is 26.4 Å². The molecule has 0 aliphatic carbocycles. The molecule has 0 unspecified atom stereocenters. The Kier molecular flexibility index (Phi) is 5.31. The molecule has 1 heterocycles. The summed E-state index contributed by atoms with van der Waals surface area (Å²) in [5, 5.41) is 3.43. The summed E-state index contributed by atoms with van der Waals surface area (Å²) in [5.41, 5.74) is 1.35. The van der Waals surface area contributed by atoms with Gasteiger partial charge in [0.25, 0.3) is 0 Å². The summed E-state index contributed by atoms with van der Waals surface area (Å²) in [6.45, 7) is 2.82. The molecule has 1 aromatic rings. The molecule has 2 rings (SSSR count). The van der Waals surface area contributed by atoms with E-state index in [4.69, 9.17) is 4.74 Å². The quantitative estimate of drug-likeness (QED) is 0.870. The van der Waals surface area contributed by atoms with Gasteiger partial charge in [0.05, 0.1) is 0 Å². The lowest BCUT2D eigenvalue weighted by atomic mass is 9.82. The number of rotatable bonds is 6. The Bertz CT molecular complexity index is 403. The molecule has 1 aliphatic rings. The van der Waals surface area contributed by atoms with E-state index in [0.717, 1.165) is 44.7 Å². The van der Waals surface area contributed by atoms with Crippen LogP contribution in [0.15, 0.2) is 24.3 Å². The minimum Gasteiger partial charge on any atom is -0.435 e. The Morgan fingerprint density at radius 3 is 2.50 bits per heavy atom. The maximum absolute atomic E-state index is 12.0. The number of alkyl halides is 2. The summed E-state index contributed by atoms with van der Waals surface area (Å²) in [7, 11) is 0. The van der Waals surface area contributed by atoms with Crippen molar-refractivity contribution in [1.82, 2.24) is 5.32 Å². The van der Waals surface area contributed by atoms with Crippen molar-refractivity contribution in [1.29, 1.82) is 0 Å². The highest BCUT2D eigenvalue weighted by Gasteiger charge is 2.26. The Morgan fingerprint density at radius 1 is 1.25 bits per heavy atom. The van der Waals surface area contributed by atoms with Crippen molar-refractivity contribution >= 4 is 0 Å². The van der Waals surface area contributed by atoms with E-state index in [1.807, 2.05) is 0 Å². The molecule has 112 valence electrons. The summed E-state index contributed by atoms with van der Waals surface area (Å²) in [5.74, 6) is 0.195. The first-order valence-electron chi connectivity index (χ1n) is 6.90. The molecule has 0 atom stereocenters. The molecule has 1 N–H and O–H groups in total. The Labute approximate surface area is 118 Å². The van der Waals surface area contributed by atoms with E-state index in [-0.39, 0.29) is 11.2 Å². The molecule has 3 nitrogen and oxygen atoms in total. The van der Waals surface area contributed by atoms with Gasteiger partial charge in [-0.1, -0.05) is 19.1 Å². The second kappa shape index (κ2) is 6.99. The van der Waals surface area contributed by atoms with E-state index in [0.29, 0.717) is 0 Å². The summed E-state index contributed by atoms with van der Waals surface area (Å²) in [6.07, 6.45) is 2.14. The topological polar surface area (TPSA) is 30.5 Å². The fraction of sp³-hybridized carbons (Fsp3) is 0.600. The highest BCUT2D eigenvalue weighted by atomic mass is 19.3. The minimum absolute atomic E-state index is 0.195. The van der Waals surface area contributed by atoms with Gasteiger partial charge in [-0.05, 0) is 36.0 Å². The van der Waals surface area contributed by atoms with E-state index in [1.165, 1.54) is 0 Å². The van der Waals surface area contributed by atoms with Gasteiger partial charge in [0.2, 0.25) is 0 Å². The zero-order valence-electron chi connectivity index (χ0n) is 11.7. The van der Waals surface area contributed by atoms with Gasteiger partial charge in [0.1, 0.15) is 5.75 Å². The fourth-order valence-corrected chi connectivity index (χ4v) is 2.34. The van der Waals surface area contributed by atoms with E-state index in [2.05, 4.69) is 17.0 Å².